The summed E-state index contributed by atoms with van der Waals surface area (Å²) in [5, 5.41) is 11.1. The minimum atomic E-state index is -0.930. The van der Waals surface area contributed by atoms with Crippen molar-refractivity contribution in [3.8, 4) is 0 Å². The second kappa shape index (κ2) is 3.89. The fraction of sp³-hybridized carbons (Fsp3) is 0.273. The van der Waals surface area contributed by atoms with Crippen molar-refractivity contribution < 1.29 is 9.90 Å². The quantitative estimate of drug-likeness (QED) is 0.825. The Balaban J connectivity index is 2.14. The van der Waals surface area contributed by atoms with Gasteiger partial charge < -0.3 is 10.0 Å². The normalized spacial score (nSPS) is 15.6. The Hall–Kier alpha value is -1.82. The third-order valence-electron chi connectivity index (χ3n) is 2.80. The summed E-state index contributed by atoms with van der Waals surface area (Å²) in [5.41, 5.74) is 0.261. The van der Waals surface area contributed by atoms with E-state index >= 15 is 0 Å². The van der Waals surface area contributed by atoms with Gasteiger partial charge in [0.1, 0.15) is 0 Å². The summed E-state index contributed by atoms with van der Waals surface area (Å²) in [7, 11) is 0. The largest absolute Gasteiger partial charge is 0.476 e. The third-order valence-corrected chi connectivity index (χ3v) is 3.56. The highest BCUT2D eigenvalue weighted by Crippen LogP contribution is 2.25. The molecule has 0 radical (unpaired) electrons. The lowest BCUT2D eigenvalue weighted by atomic mass is 10.2. The van der Waals surface area contributed by atoms with Gasteiger partial charge in [-0.2, -0.15) is 0 Å². The summed E-state index contributed by atoms with van der Waals surface area (Å²) in [6.07, 6.45) is 6.84. The molecule has 0 unspecified atom stereocenters. The van der Waals surface area contributed by atoms with Gasteiger partial charge in [-0.1, -0.05) is 12.2 Å². The maximum Gasteiger partial charge on any atom is 0.356 e. The summed E-state index contributed by atoms with van der Waals surface area (Å²) in [4.78, 5) is 18.5. The summed E-state index contributed by atoms with van der Waals surface area (Å²) >= 11 is 1.45. The van der Waals surface area contributed by atoms with Crippen LogP contribution >= 0.6 is 11.3 Å². The average molecular weight is 249 g/mol. The monoisotopic (exact) mass is 249 g/mol. The molecular formula is C11H11N3O2S. The number of fused-ring (bicyclic) bond motifs is 1. The van der Waals surface area contributed by atoms with E-state index < -0.39 is 5.97 Å². The average Bonchev–Trinajstić information content (AvgIpc) is 2.88. The minimum Gasteiger partial charge on any atom is -0.476 e. The fourth-order valence-corrected chi connectivity index (χ4v) is 2.74. The number of anilines is 1. The molecule has 5 nitrogen and oxygen atoms in total. The number of carboxylic acids is 1. The van der Waals surface area contributed by atoms with E-state index in [0.29, 0.717) is 5.82 Å². The lowest BCUT2D eigenvalue weighted by Crippen LogP contribution is -2.28. The molecule has 2 aromatic rings. The molecule has 0 aromatic carbocycles. The first-order valence-corrected chi connectivity index (χ1v) is 6.24. The van der Waals surface area contributed by atoms with Crippen molar-refractivity contribution >= 4 is 28.1 Å². The van der Waals surface area contributed by atoms with Crippen LogP contribution < -0.4 is 4.90 Å². The van der Waals surface area contributed by atoms with E-state index in [0.717, 1.165) is 24.5 Å². The number of nitrogens with zero attached hydrogens (tertiary/aromatic N) is 3. The van der Waals surface area contributed by atoms with Gasteiger partial charge in [-0.3, -0.25) is 4.40 Å². The van der Waals surface area contributed by atoms with Crippen molar-refractivity contribution in [2.24, 2.45) is 0 Å². The molecule has 1 N–H and O–H groups in total. The van der Waals surface area contributed by atoms with E-state index in [-0.39, 0.29) is 5.69 Å². The molecule has 0 saturated carbocycles. The van der Waals surface area contributed by atoms with Gasteiger partial charge in [0.2, 0.25) is 0 Å². The maximum absolute atomic E-state index is 11.3. The van der Waals surface area contributed by atoms with Gasteiger partial charge in [-0.05, 0) is 6.42 Å². The van der Waals surface area contributed by atoms with Crippen LogP contribution in [0.4, 0.5) is 5.82 Å². The second-order valence-electron chi connectivity index (χ2n) is 3.85. The van der Waals surface area contributed by atoms with Crippen molar-refractivity contribution in [2.75, 3.05) is 18.0 Å². The first-order valence-electron chi connectivity index (χ1n) is 5.36. The number of aromatic carboxylic acids is 1. The van der Waals surface area contributed by atoms with Gasteiger partial charge in [-0.25, -0.2) is 9.78 Å². The predicted molar refractivity (Wildman–Crippen MR) is 66.0 cm³/mol. The summed E-state index contributed by atoms with van der Waals surface area (Å²) in [6.45, 7) is 1.55. The van der Waals surface area contributed by atoms with E-state index in [9.17, 15) is 9.90 Å². The molecule has 0 aliphatic carbocycles. The molecule has 0 bridgehead atoms. The summed E-state index contributed by atoms with van der Waals surface area (Å²) in [5.74, 6) is -0.353. The Kier molecular flexibility index (Phi) is 2.36. The Labute approximate surface area is 102 Å². The van der Waals surface area contributed by atoms with Crippen LogP contribution in [0.2, 0.25) is 0 Å². The minimum absolute atomic E-state index is 0.261. The molecular weight excluding hydrogens is 238 g/mol. The van der Waals surface area contributed by atoms with Crippen LogP contribution in [0.25, 0.3) is 4.96 Å². The molecule has 0 spiro atoms. The van der Waals surface area contributed by atoms with Crippen LogP contribution in [0.5, 0.6) is 0 Å². The SMILES string of the molecule is O=C(O)c1c(N2CC=CCC2)nc2sccn12. The standard InChI is InChI=1S/C11H11N3O2S/c15-10(16)8-9(13-4-2-1-3-5-13)12-11-14(8)6-7-17-11/h1-2,6-7H,3-5H2,(H,15,16). The van der Waals surface area contributed by atoms with Crippen molar-refractivity contribution in [3.05, 3.63) is 29.4 Å². The lowest BCUT2D eigenvalue weighted by molar-refractivity contribution is 0.0690. The van der Waals surface area contributed by atoms with Crippen LogP contribution in [0.1, 0.15) is 16.9 Å². The van der Waals surface area contributed by atoms with Crippen LogP contribution in [0, 0.1) is 0 Å². The molecule has 3 rings (SSSR count). The maximum atomic E-state index is 11.3. The van der Waals surface area contributed by atoms with Crippen LogP contribution in [0.15, 0.2) is 23.7 Å². The molecule has 2 aromatic heterocycles. The van der Waals surface area contributed by atoms with E-state index in [4.69, 9.17) is 0 Å². The molecule has 88 valence electrons. The molecule has 0 fully saturated rings. The highest BCUT2D eigenvalue weighted by molar-refractivity contribution is 7.15. The first-order chi connectivity index (χ1) is 8.27. The van der Waals surface area contributed by atoms with E-state index in [2.05, 4.69) is 11.1 Å². The first kappa shape index (κ1) is 10.3. The Morgan fingerprint density at radius 3 is 3.06 bits per heavy atom. The zero-order chi connectivity index (χ0) is 11.8. The van der Waals surface area contributed by atoms with Gasteiger partial charge in [0.05, 0.1) is 0 Å². The molecule has 1 aliphatic heterocycles. The van der Waals surface area contributed by atoms with Crippen LogP contribution in [-0.4, -0.2) is 33.6 Å². The molecule has 3 heterocycles. The number of thiazole rings is 1. The van der Waals surface area contributed by atoms with Crippen molar-refractivity contribution in [1.82, 2.24) is 9.38 Å². The summed E-state index contributed by atoms with van der Waals surface area (Å²) in [6, 6.07) is 0. The number of carboxylic acid groups (broad SMARTS) is 1. The lowest BCUT2D eigenvalue weighted by Gasteiger charge is -2.23. The number of hydrogen-bond donors (Lipinski definition) is 1. The number of carbonyl (C=O) groups is 1. The van der Waals surface area contributed by atoms with E-state index in [1.165, 1.54) is 11.3 Å². The highest BCUT2D eigenvalue weighted by Gasteiger charge is 2.23. The van der Waals surface area contributed by atoms with Gasteiger partial charge in [0, 0.05) is 24.7 Å². The smallest absolute Gasteiger partial charge is 0.356 e. The topological polar surface area (TPSA) is 57.8 Å². The Morgan fingerprint density at radius 2 is 2.35 bits per heavy atom. The summed E-state index contributed by atoms with van der Waals surface area (Å²) < 4.78 is 1.64. The Morgan fingerprint density at radius 1 is 1.47 bits per heavy atom. The number of hydrogen-bond acceptors (Lipinski definition) is 4. The molecule has 6 heteroatoms. The predicted octanol–water partition coefficient (Wildman–Crippen LogP) is 1.86. The van der Waals surface area contributed by atoms with Crippen LogP contribution in [-0.2, 0) is 0 Å². The van der Waals surface area contributed by atoms with Gasteiger partial charge >= 0.3 is 5.97 Å². The van der Waals surface area contributed by atoms with Crippen molar-refractivity contribution in [2.45, 2.75) is 6.42 Å². The fourth-order valence-electron chi connectivity index (χ4n) is 2.03. The Bertz CT molecular complexity index is 599. The van der Waals surface area contributed by atoms with E-state index in [1.807, 2.05) is 16.4 Å². The molecule has 17 heavy (non-hydrogen) atoms. The highest BCUT2D eigenvalue weighted by atomic mass is 32.1. The number of imidazole rings is 1. The van der Waals surface area contributed by atoms with Crippen LogP contribution in [0.3, 0.4) is 0 Å². The van der Waals surface area contributed by atoms with Gasteiger partial charge in [-0.15, -0.1) is 11.3 Å². The second-order valence-corrected chi connectivity index (χ2v) is 4.72. The van der Waals surface area contributed by atoms with E-state index in [1.54, 1.807) is 10.6 Å². The zero-order valence-electron chi connectivity index (χ0n) is 9.04. The van der Waals surface area contributed by atoms with Gasteiger partial charge in [0.25, 0.3) is 0 Å². The molecule has 0 saturated heterocycles. The third kappa shape index (κ3) is 1.61. The molecule has 1 aliphatic rings. The molecule has 0 atom stereocenters. The van der Waals surface area contributed by atoms with Gasteiger partial charge in [0.15, 0.2) is 16.5 Å². The van der Waals surface area contributed by atoms with Crippen molar-refractivity contribution in [1.29, 1.82) is 0 Å². The number of aromatic nitrogens is 2. The molecule has 0 amide bonds. The number of rotatable bonds is 2. The van der Waals surface area contributed by atoms with Crippen molar-refractivity contribution in [3.63, 3.8) is 0 Å². The zero-order valence-corrected chi connectivity index (χ0v) is 9.85.